The van der Waals surface area contributed by atoms with Crippen LogP contribution in [0.2, 0.25) is 0 Å². The van der Waals surface area contributed by atoms with Crippen LogP contribution in [0.25, 0.3) is 0 Å². The van der Waals surface area contributed by atoms with Crippen LogP contribution in [0.4, 0.5) is 0 Å². The molecule has 1 aromatic rings. The first-order valence-electron chi connectivity index (χ1n) is 5.77. The summed E-state index contributed by atoms with van der Waals surface area (Å²) in [6, 6.07) is 2.33. The Morgan fingerprint density at radius 2 is 2.31 bits per heavy atom. The van der Waals surface area contributed by atoms with Crippen LogP contribution in [0.1, 0.15) is 36.0 Å². The molecule has 1 heterocycles. The van der Waals surface area contributed by atoms with E-state index in [4.69, 9.17) is 0 Å². The van der Waals surface area contributed by atoms with Gasteiger partial charge in [-0.15, -0.1) is 11.3 Å². The Kier molecular flexibility index (Phi) is 2.80. The molecule has 4 heteroatoms. The molecule has 0 aliphatic heterocycles. The maximum absolute atomic E-state index is 12.0. The molecule has 1 amide bonds. The van der Waals surface area contributed by atoms with Gasteiger partial charge in [0.05, 0.1) is 9.35 Å². The van der Waals surface area contributed by atoms with E-state index in [-0.39, 0.29) is 5.91 Å². The van der Waals surface area contributed by atoms with Crippen molar-refractivity contribution in [1.82, 2.24) is 5.32 Å². The summed E-state index contributed by atoms with van der Waals surface area (Å²) in [6.07, 6.45) is 5.21. The van der Waals surface area contributed by atoms with Gasteiger partial charge in [0.2, 0.25) is 0 Å². The van der Waals surface area contributed by atoms with Crippen molar-refractivity contribution in [3.05, 3.63) is 20.8 Å². The van der Waals surface area contributed by atoms with Crippen LogP contribution in [-0.4, -0.2) is 11.9 Å². The number of thiophene rings is 1. The Morgan fingerprint density at radius 3 is 2.88 bits per heavy atom. The van der Waals surface area contributed by atoms with Crippen molar-refractivity contribution in [3.8, 4) is 0 Å². The lowest BCUT2D eigenvalue weighted by Gasteiger charge is -2.22. The summed E-state index contributed by atoms with van der Waals surface area (Å²) in [5.74, 6) is 1.72. The number of amides is 1. The van der Waals surface area contributed by atoms with E-state index in [0.717, 1.165) is 21.2 Å². The molecule has 2 aliphatic rings. The summed E-state index contributed by atoms with van der Waals surface area (Å²) in [5, 5.41) is 5.10. The zero-order valence-electron chi connectivity index (χ0n) is 8.91. The molecule has 2 fully saturated rings. The van der Waals surface area contributed by atoms with Crippen LogP contribution >= 0.6 is 27.3 Å². The predicted octanol–water partition coefficient (Wildman–Crippen LogP) is 3.43. The van der Waals surface area contributed by atoms with Gasteiger partial charge in [0.1, 0.15) is 0 Å². The molecule has 2 saturated carbocycles. The summed E-state index contributed by atoms with van der Waals surface area (Å²) < 4.78 is 1.02. The Hall–Kier alpha value is -0.350. The van der Waals surface area contributed by atoms with E-state index in [9.17, 15) is 4.79 Å². The third-order valence-electron chi connectivity index (χ3n) is 3.88. The highest BCUT2D eigenvalue weighted by Gasteiger charge is 2.40. The minimum Gasteiger partial charge on any atom is -0.349 e. The molecule has 2 nitrogen and oxygen atoms in total. The van der Waals surface area contributed by atoms with E-state index in [1.165, 1.54) is 25.7 Å². The first-order valence-corrected chi connectivity index (χ1v) is 7.44. The van der Waals surface area contributed by atoms with Gasteiger partial charge < -0.3 is 5.32 Å². The van der Waals surface area contributed by atoms with E-state index in [2.05, 4.69) is 21.2 Å². The molecule has 2 aliphatic carbocycles. The highest BCUT2D eigenvalue weighted by Crippen LogP contribution is 2.44. The second-order valence-corrected chi connectivity index (χ2v) is 7.18. The minimum absolute atomic E-state index is 0.0968. The van der Waals surface area contributed by atoms with Crippen molar-refractivity contribution in [2.24, 2.45) is 11.8 Å². The van der Waals surface area contributed by atoms with E-state index >= 15 is 0 Å². The van der Waals surface area contributed by atoms with E-state index in [0.29, 0.717) is 6.04 Å². The van der Waals surface area contributed by atoms with Crippen LogP contribution in [0.3, 0.4) is 0 Å². The topological polar surface area (TPSA) is 29.1 Å². The van der Waals surface area contributed by atoms with E-state index in [1.807, 2.05) is 11.4 Å². The molecule has 0 aromatic carbocycles. The number of hydrogen-bond acceptors (Lipinski definition) is 2. The second-order valence-electron chi connectivity index (χ2n) is 4.89. The summed E-state index contributed by atoms with van der Waals surface area (Å²) in [5.41, 5.74) is 0.791. The fourth-order valence-corrected chi connectivity index (χ4v) is 4.24. The first-order chi connectivity index (χ1) is 7.72. The first kappa shape index (κ1) is 10.8. The summed E-state index contributed by atoms with van der Waals surface area (Å²) in [4.78, 5) is 12.0. The lowest BCUT2D eigenvalue weighted by molar-refractivity contribution is 0.0923. The summed E-state index contributed by atoms with van der Waals surface area (Å²) in [7, 11) is 0. The Labute approximate surface area is 108 Å². The Balaban J connectivity index is 1.65. The molecule has 0 spiro atoms. The zero-order valence-corrected chi connectivity index (χ0v) is 11.3. The monoisotopic (exact) mass is 299 g/mol. The maximum Gasteiger partial charge on any atom is 0.252 e. The number of carbonyl (C=O) groups excluding carboxylic acids is 1. The molecule has 3 unspecified atom stereocenters. The number of fused-ring (bicyclic) bond motifs is 2. The van der Waals surface area contributed by atoms with Gasteiger partial charge in [-0.05, 0) is 53.1 Å². The highest BCUT2D eigenvalue weighted by atomic mass is 79.9. The average Bonchev–Trinajstić information content (AvgIpc) is 2.92. The lowest BCUT2D eigenvalue weighted by Crippen LogP contribution is -2.38. The second kappa shape index (κ2) is 4.15. The average molecular weight is 300 g/mol. The Morgan fingerprint density at radius 1 is 1.44 bits per heavy atom. The molecule has 3 rings (SSSR count). The lowest BCUT2D eigenvalue weighted by atomic mass is 9.95. The van der Waals surface area contributed by atoms with Crippen LogP contribution < -0.4 is 5.32 Å². The Bertz CT molecular complexity index is 417. The third-order valence-corrected chi connectivity index (χ3v) is 5.39. The third kappa shape index (κ3) is 1.93. The van der Waals surface area contributed by atoms with Crippen LogP contribution in [-0.2, 0) is 0 Å². The molecular formula is C12H14BrNOS. The maximum atomic E-state index is 12.0. The molecule has 0 saturated heterocycles. The normalized spacial score (nSPS) is 31.9. The van der Waals surface area contributed by atoms with Crippen LogP contribution in [0.5, 0.6) is 0 Å². The SMILES string of the molecule is O=C(NC1CC2CCC1C2)c1csc(Br)c1. The summed E-state index contributed by atoms with van der Waals surface area (Å²) >= 11 is 4.95. The molecular weight excluding hydrogens is 286 g/mol. The van der Waals surface area contributed by atoms with Gasteiger partial charge in [0.25, 0.3) is 5.91 Å². The van der Waals surface area contributed by atoms with Crippen molar-refractivity contribution in [3.63, 3.8) is 0 Å². The van der Waals surface area contributed by atoms with E-state index in [1.54, 1.807) is 11.3 Å². The van der Waals surface area contributed by atoms with Crippen LogP contribution in [0, 0.1) is 11.8 Å². The fourth-order valence-electron chi connectivity index (χ4n) is 3.10. The molecule has 3 atom stereocenters. The predicted molar refractivity (Wildman–Crippen MR) is 68.7 cm³/mol. The minimum atomic E-state index is 0.0968. The van der Waals surface area contributed by atoms with Crippen LogP contribution in [0.15, 0.2) is 15.2 Å². The smallest absolute Gasteiger partial charge is 0.252 e. The fraction of sp³-hybridized carbons (Fsp3) is 0.583. The van der Waals surface area contributed by atoms with Crippen molar-refractivity contribution in [2.75, 3.05) is 0 Å². The van der Waals surface area contributed by atoms with Gasteiger partial charge in [-0.3, -0.25) is 4.79 Å². The quantitative estimate of drug-likeness (QED) is 0.891. The number of halogens is 1. The molecule has 16 heavy (non-hydrogen) atoms. The van der Waals surface area contributed by atoms with Crippen molar-refractivity contribution < 1.29 is 4.79 Å². The number of carbonyl (C=O) groups is 1. The standard InChI is InChI=1S/C12H14BrNOS/c13-11-5-9(6-16-11)12(15)14-10-4-7-1-2-8(10)3-7/h5-8,10H,1-4H2,(H,14,15). The largest absolute Gasteiger partial charge is 0.349 e. The molecule has 86 valence electrons. The van der Waals surface area contributed by atoms with Crippen molar-refractivity contribution in [1.29, 1.82) is 0 Å². The number of nitrogens with one attached hydrogen (secondary N) is 1. The number of rotatable bonds is 2. The molecule has 1 aromatic heterocycles. The van der Waals surface area contributed by atoms with Gasteiger partial charge in [-0.25, -0.2) is 0 Å². The summed E-state index contributed by atoms with van der Waals surface area (Å²) in [6.45, 7) is 0. The van der Waals surface area contributed by atoms with Crippen molar-refractivity contribution >= 4 is 33.2 Å². The zero-order chi connectivity index (χ0) is 11.1. The molecule has 2 bridgehead atoms. The number of hydrogen-bond donors (Lipinski definition) is 1. The van der Waals surface area contributed by atoms with Gasteiger partial charge in [0.15, 0.2) is 0 Å². The van der Waals surface area contributed by atoms with Gasteiger partial charge in [0, 0.05) is 11.4 Å². The molecule has 0 radical (unpaired) electrons. The van der Waals surface area contributed by atoms with Gasteiger partial charge >= 0.3 is 0 Å². The highest BCUT2D eigenvalue weighted by molar-refractivity contribution is 9.11. The van der Waals surface area contributed by atoms with Gasteiger partial charge in [-0.2, -0.15) is 0 Å². The van der Waals surface area contributed by atoms with Crippen molar-refractivity contribution in [2.45, 2.75) is 31.7 Å². The van der Waals surface area contributed by atoms with E-state index < -0.39 is 0 Å². The van der Waals surface area contributed by atoms with Gasteiger partial charge in [-0.1, -0.05) is 6.42 Å². The molecule has 1 N–H and O–H groups in total.